The van der Waals surface area contributed by atoms with Crippen molar-refractivity contribution in [3.8, 4) is 0 Å². The van der Waals surface area contributed by atoms with E-state index in [9.17, 15) is 17.6 Å². The summed E-state index contributed by atoms with van der Waals surface area (Å²) in [5, 5.41) is 6.47. The molecule has 0 bridgehead atoms. The minimum atomic E-state index is -3.90. The van der Waals surface area contributed by atoms with Gasteiger partial charge >= 0.3 is 0 Å². The van der Waals surface area contributed by atoms with E-state index in [2.05, 4.69) is 24.5 Å². The minimum Gasteiger partial charge on any atom is -0.380 e. The summed E-state index contributed by atoms with van der Waals surface area (Å²) in [5.74, 6) is -0.763. The SMILES string of the molecule is CC(C)C(CNC(=O)C1CCN(S(=O)(=O)c2ccccc2F)CC1)Nc1ccccc1. The van der Waals surface area contributed by atoms with E-state index in [0.29, 0.717) is 25.3 Å². The fourth-order valence-corrected chi connectivity index (χ4v) is 5.24. The van der Waals surface area contributed by atoms with Gasteiger partial charge in [-0.2, -0.15) is 4.31 Å². The zero-order valence-corrected chi connectivity index (χ0v) is 18.7. The molecule has 1 amide bonds. The highest BCUT2D eigenvalue weighted by molar-refractivity contribution is 7.89. The third-order valence-electron chi connectivity index (χ3n) is 5.71. The number of nitrogens with zero attached hydrogens (tertiary/aromatic N) is 1. The van der Waals surface area contributed by atoms with Gasteiger partial charge in [-0.1, -0.05) is 44.2 Å². The summed E-state index contributed by atoms with van der Waals surface area (Å²) in [5.41, 5.74) is 1.00. The Labute approximate surface area is 183 Å². The lowest BCUT2D eigenvalue weighted by atomic mass is 9.96. The molecule has 2 aromatic rings. The molecule has 0 radical (unpaired) electrons. The Morgan fingerprint density at radius 3 is 2.29 bits per heavy atom. The second-order valence-corrected chi connectivity index (χ2v) is 10.1. The van der Waals surface area contributed by atoms with Crippen molar-refractivity contribution in [2.45, 2.75) is 37.6 Å². The van der Waals surface area contributed by atoms with Crippen LogP contribution in [0, 0.1) is 17.7 Å². The Kier molecular flexibility index (Phi) is 7.67. The average molecular weight is 448 g/mol. The van der Waals surface area contributed by atoms with Crippen LogP contribution in [0.4, 0.5) is 10.1 Å². The number of hydrogen-bond acceptors (Lipinski definition) is 4. The van der Waals surface area contributed by atoms with Gasteiger partial charge in [0.25, 0.3) is 0 Å². The maximum absolute atomic E-state index is 14.0. The number of rotatable bonds is 8. The summed E-state index contributed by atoms with van der Waals surface area (Å²) in [7, 11) is -3.90. The molecule has 6 nitrogen and oxygen atoms in total. The number of anilines is 1. The lowest BCUT2D eigenvalue weighted by Crippen LogP contribution is -2.46. The maximum Gasteiger partial charge on any atom is 0.245 e. The number of hydrogen-bond donors (Lipinski definition) is 2. The number of piperidine rings is 1. The first kappa shape index (κ1) is 23.2. The van der Waals surface area contributed by atoms with Crippen molar-refractivity contribution in [1.29, 1.82) is 0 Å². The Hall–Kier alpha value is -2.45. The molecule has 31 heavy (non-hydrogen) atoms. The minimum absolute atomic E-state index is 0.0662. The first-order chi connectivity index (χ1) is 14.8. The van der Waals surface area contributed by atoms with Crippen molar-refractivity contribution in [1.82, 2.24) is 9.62 Å². The lowest BCUT2D eigenvalue weighted by Gasteiger charge is -2.31. The van der Waals surface area contributed by atoms with E-state index < -0.39 is 15.8 Å². The normalized spacial score (nSPS) is 16.8. The zero-order valence-electron chi connectivity index (χ0n) is 17.9. The number of carbonyl (C=O) groups is 1. The molecule has 8 heteroatoms. The fourth-order valence-electron chi connectivity index (χ4n) is 3.71. The second kappa shape index (κ2) is 10.2. The van der Waals surface area contributed by atoms with Crippen molar-refractivity contribution in [3.05, 3.63) is 60.4 Å². The fraction of sp³-hybridized carbons (Fsp3) is 0.435. The van der Waals surface area contributed by atoms with Gasteiger partial charge in [0, 0.05) is 37.3 Å². The van der Waals surface area contributed by atoms with Crippen LogP contribution in [0.1, 0.15) is 26.7 Å². The van der Waals surface area contributed by atoms with Crippen molar-refractivity contribution < 1.29 is 17.6 Å². The van der Waals surface area contributed by atoms with Gasteiger partial charge in [0.15, 0.2) is 0 Å². The van der Waals surface area contributed by atoms with E-state index in [-0.39, 0.29) is 35.9 Å². The predicted octanol–water partition coefficient (Wildman–Crippen LogP) is 3.48. The van der Waals surface area contributed by atoms with Crippen LogP contribution in [0.15, 0.2) is 59.5 Å². The molecule has 2 N–H and O–H groups in total. The summed E-state index contributed by atoms with van der Waals surface area (Å²) < 4.78 is 40.7. The van der Waals surface area contributed by atoms with Gasteiger partial charge in [-0.25, -0.2) is 12.8 Å². The molecule has 0 saturated carbocycles. The quantitative estimate of drug-likeness (QED) is 0.650. The molecule has 3 rings (SSSR count). The second-order valence-electron chi connectivity index (χ2n) is 8.21. The largest absolute Gasteiger partial charge is 0.380 e. The lowest BCUT2D eigenvalue weighted by molar-refractivity contribution is -0.126. The first-order valence-electron chi connectivity index (χ1n) is 10.6. The number of nitrogens with one attached hydrogen (secondary N) is 2. The van der Waals surface area contributed by atoms with E-state index in [1.165, 1.54) is 22.5 Å². The summed E-state index contributed by atoms with van der Waals surface area (Å²) in [6.45, 7) is 5.08. The highest BCUT2D eigenvalue weighted by Gasteiger charge is 2.33. The van der Waals surface area contributed by atoms with E-state index in [1.54, 1.807) is 0 Å². The number of carbonyl (C=O) groups excluding carboxylic acids is 1. The predicted molar refractivity (Wildman–Crippen MR) is 120 cm³/mol. The number of halogens is 1. The zero-order chi connectivity index (χ0) is 22.4. The average Bonchev–Trinajstić information content (AvgIpc) is 2.77. The molecule has 1 fully saturated rings. The van der Waals surface area contributed by atoms with Crippen LogP contribution in [0.25, 0.3) is 0 Å². The first-order valence-corrected chi connectivity index (χ1v) is 12.1. The monoisotopic (exact) mass is 447 g/mol. The van der Waals surface area contributed by atoms with Gasteiger partial charge in [-0.05, 0) is 43.0 Å². The van der Waals surface area contributed by atoms with Gasteiger partial charge in [0.2, 0.25) is 15.9 Å². The molecule has 168 valence electrons. The molecular weight excluding hydrogens is 417 g/mol. The summed E-state index contributed by atoms with van der Waals surface area (Å²) in [4.78, 5) is 12.4. The van der Waals surface area contributed by atoms with Gasteiger partial charge < -0.3 is 10.6 Å². The molecule has 1 unspecified atom stereocenters. The Morgan fingerprint density at radius 2 is 1.68 bits per heavy atom. The van der Waals surface area contributed by atoms with Crippen LogP contribution in [-0.4, -0.2) is 44.3 Å². The van der Waals surface area contributed by atoms with Crippen molar-refractivity contribution in [2.75, 3.05) is 25.0 Å². The topological polar surface area (TPSA) is 78.5 Å². The van der Waals surface area contributed by atoms with E-state index >= 15 is 0 Å². The number of benzene rings is 2. The molecule has 1 aliphatic heterocycles. The van der Waals surface area contributed by atoms with Crippen LogP contribution < -0.4 is 10.6 Å². The molecule has 1 saturated heterocycles. The maximum atomic E-state index is 14.0. The molecular formula is C23H30FN3O3S. The molecule has 0 aliphatic carbocycles. The van der Waals surface area contributed by atoms with Crippen LogP contribution in [-0.2, 0) is 14.8 Å². The molecule has 2 aromatic carbocycles. The third kappa shape index (κ3) is 5.83. The Bertz CT molecular complexity index is 975. The Balaban J connectivity index is 1.53. The Morgan fingerprint density at radius 1 is 1.06 bits per heavy atom. The molecule has 0 aromatic heterocycles. The summed E-state index contributed by atoms with van der Waals surface area (Å²) in [6, 6.07) is 15.3. The summed E-state index contributed by atoms with van der Waals surface area (Å²) >= 11 is 0. The smallest absolute Gasteiger partial charge is 0.245 e. The molecule has 1 heterocycles. The third-order valence-corrected chi connectivity index (χ3v) is 7.64. The summed E-state index contributed by atoms with van der Waals surface area (Å²) in [6.07, 6.45) is 0.829. The number of para-hydroxylation sites is 1. The highest BCUT2D eigenvalue weighted by Crippen LogP contribution is 2.25. The molecule has 0 spiro atoms. The van der Waals surface area contributed by atoms with Gasteiger partial charge in [0.05, 0.1) is 0 Å². The van der Waals surface area contributed by atoms with Crippen molar-refractivity contribution in [3.63, 3.8) is 0 Å². The number of amides is 1. The van der Waals surface area contributed by atoms with Gasteiger partial charge in [-0.15, -0.1) is 0 Å². The molecule has 1 atom stereocenters. The van der Waals surface area contributed by atoms with Crippen LogP contribution in [0.5, 0.6) is 0 Å². The van der Waals surface area contributed by atoms with Crippen LogP contribution in [0.2, 0.25) is 0 Å². The van der Waals surface area contributed by atoms with Crippen LogP contribution in [0.3, 0.4) is 0 Å². The highest BCUT2D eigenvalue weighted by atomic mass is 32.2. The van der Waals surface area contributed by atoms with E-state index in [1.807, 2.05) is 30.3 Å². The van der Waals surface area contributed by atoms with E-state index in [4.69, 9.17) is 0 Å². The van der Waals surface area contributed by atoms with Crippen LogP contribution >= 0.6 is 0 Å². The van der Waals surface area contributed by atoms with Gasteiger partial charge in [-0.3, -0.25) is 4.79 Å². The van der Waals surface area contributed by atoms with Crippen molar-refractivity contribution >= 4 is 21.6 Å². The van der Waals surface area contributed by atoms with E-state index in [0.717, 1.165) is 11.8 Å². The molecule has 1 aliphatic rings. The standard InChI is InChI=1S/C23H30FN3O3S/c1-17(2)21(26-19-8-4-3-5-9-19)16-25-23(28)18-12-14-27(15-13-18)31(29,30)22-11-7-6-10-20(22)24/h3-11,17-18,21,26H,12-16H2,1-2H3,(H,25,28). The van der Waals surface area contributed by atoms with Crippen molar-refractivity contribution in [2.24, 2.45) is 11.8 Å². The number of sulfonamides is 1. The van der Waals surface area contributed by atoms with Gasteiger partial charge in [0.1, 0.15) is 10.7 Å².